The topological polar surface area (TPSA) is 93.1 Å². The summed E-state index contributed by atoms with van der Waals surface area (Å²) in [5, 5.41) is 26.9. The minimum Gasteiger partial charge on any atom is -0.492 e. The van der Waals surface area contributed by atoms with Gasteiger partial charge in [0.2, 0.25) is 17.7 Å². The second-order valence-electron chi connectivity index (χ2n) is 10.7. The normalized spacial score (nSPS) is 11.5. The van der Waals surface area contributed by atoms with Crippen LogP contribution in [-0.2, 0) is 0 Å². The molecule has 1 aromatic heterocycles. The minimum atomic E-state index is -0.191. The first-order chi connectivity index (χ1) is 23.2. The van der Waals surface area contributed by atoms with Crippen LogP contribution in [0, 0.1) is 0 Å². The number of nitrogens with zero attached hydrogens (tertiary/aromatic N) is 4. The quantitative estimate of drug-likeness (QED) is 0.0995. The molecule has 0 aliphatic carbocycles. The highest BCUT2D eigenvalue weighted by atomic mass is 16.5. The zero-order chi connectivity index (χ0) is 31.8. The first kappa shape index (κ1) is 29.1. The summed E-state index contributed by atoms with van der Waals surface area (Å²) >= 11 is 0. The molecule has 0 bridgehead atoms. The van der Waals surface area contributed by atoms with E-state index in [0.29, 0.717) is 28.8 Å². The van der Waals surface area contributed by atoms with Gasteiger partial charge in [-0.1, -0.05) is 97.1 Å². The lowest BCUT2D eigenvalue weighted by Gasteiger charge is -2.06. The lowest BCUT2D eigenvalue weighted by atomic mass is 10.0. The molecule has 0 aliphatic heterocycles. The molecule has 0 atom stereocenters. The zero-order valence-electron chi connectivity index (χ0n) is 25.1. The summed E-state index contributed by atoms with van der Waals surface area (Å²) < 4.78 is 12.0. The molecule has 0 aliphatic rings. The Morgan fingerprint density at radius 3 is 1.47 bits per heavy atom. The lowest BCUT2D eigenvalue weighted by molar-refractivity contribution is 0.482. The Hall–Kier alpha value is -6.60. The van der Waals surface area contributed by atoms with Crippen LogP contribution in [0.3, 0.4) is 0 Å². The smallest absolute Gasteiger partial charge is 0.248 e. The first-order valence-electron chi connectivity index (χ1n) is 15.0. The van der Waals surface area contributed by atoms with Crippen molar-refractivity contribution in [3.05, 3.63) is 169 Å². The van der Waals surface area contributed by atoms with Crippen LogP contribution < -0.4 is 4.74 Å². The fourth-order valence-electron chi connectivity index (χ4n) is 4.97. The van der Waals surface area contributed by atoms with E-state index in [1.807, 2.05) is 109 Å². The molecule has 7 rings (SSSR count). The van der Waals surface area contributed by atoms with Crippen molar-refractivity contribution < 1.29 is 14.3 Å². The van der Waals surface area contributed by atoms with E-state index in [4.69, 9.17) is 9.15 Å². The fourth-order valence-corrected chi connectivity index (χ4v) is 4.97. The van der Waals surface area contributed by atoms with Gasteiger partial charge in [0, 0.05) is 16.7 Å². The maximum atomic E-state index is 10.4. The van der Waals surface area contributed by atoms with Crippen LogP contribution in [0.2, 0.25) is 0 Å². The maximum Gasteiger partial charge on any atom is 0.248 e. The number of aromatic nitrogens is 2. The Labute approximate surface area is 271 Å². The minimum absolute atomic E-state index is 0.191. The van der Waals surface area contributed by atoms with E-state index in [2.05, 4.69) is 44.7 Å². The van der Waals surface area contributed by atoms with Crippen LogP contribution >= 0.6 is 0 Å². The molecule has 0 radical (unpaired) electrons. The van der Waals surface area contributed by atoms with E-state index in [1.165, 1.54) is 0 Å². The highest BCUT2D eigenvalue weighted by Gasteiger charge is 2.11. The number of benzene rings is 6. The highest BCUT2D eigenvalue weighted by molar-refractivity contribution is 5.93. The number of rotatable bonds is 9. The molecule has 0 saturated heterocycles. The molecular weight excluding hydrogens is 584 g/mol. The lowest BCUT2D eigenvalue weighted by Crippen LogP contribution is -1.98. The molecular formula is C40H28N4O3. The van der Waals surface area contributed by atoms with Gasteiger partial charge in [0.05, 0.1) is 6.21 Å². The Bertz CT molecular complexity index is 2120. The van der Waals surface area contributed by atoms with Crippen molar-refractivity contribution in [3.63, 3.8) is 0 Å². The van der Waals surface area contributed by atoms with Gasteiger partial charge in [-0.2, -0.15) is 5.10 Å². The summed E-state index contributed by atoms with van der Waals surface area (Å²) in [6.07, 6.45) is 1.60. The Morgan fingerprint density at radius 2 is 0.936 bits per heavy atom. The van der Waals surface area contributed by atoms with Gasteiger partial charge in [-0.15, -0.1) is 15.3 Å². The molecule has 7 nitrogen and oxygen atoms in total. The Morgan fingerprint density at radius 1 is 0.511 bits per heavy atom. The van der Waals surface area contributed by atoms with Gasteiger partial charge in [-0.05, 0) is 88.5 Å². The van der Waals surface area contributed by atoms with Crippen molar-refractivity contribution in [2.75, 3.05) is 0 Å². The fraction of sp³-hybridized carbons (Fsp3) is 0. The third kappa shape index (κ3) is 7.05. The number of hydrogen-bond acceptors (Lipinski definition) is 6. The van der Waals surface area contributed by atoms with Crippen LogP contribution in [0.4, 0.5) is 0 Å². The summed E-state index contributed by atoms with van der Waals surface area (Å²) in [7, 11) is 0. The van der Waals surface area contributed by atoms with Crippen LogP contribution in [0.1, 0.15) is 11.1 Å². The van der Waals surface area contributed by atoms with Crippen molar-refractivity contribution in [3.8, 4) is 56.7 Å². The van der Waals surface area contributed by atoms with Crippen molar-refractivity contribution in [2.45, 2.75) is 0 Å². The van der Waals surface area contributed by atoms with E-state index < -0.39 is 0 Å². The van der Waals surface area contributed by atoms with Gasteiger partial charge >= 0.3 is 0 Å². The van der Waals surface area contributed by atoms with Gasteiger partial charge in [-0.3, -0.25) is 0 Å². The van der Waals surface area contributed by atoms with Crippen LogP contribution in [0.15, 0.2) is 172 Å². The standard InChI is InChI=1S/C40H28N4O3/c45-38(42-41-27-28-11-13-31(14-12-28)29-7-3-1-4-8-29)33-19-23-36(24-20-33)46-37-25-21-35(22-26-37)40-44-43-39(47-40)34-17-15-32(16-18-34)30-9-5-2-6-10-30/h1-27H,(H,42,45)/b41-27+. The van der Waals surface area contributed by atoms with E-state index in [0.717, 1.165) is 38.9 Å². The molecule has 1 heterocycles. The van der Waals surface area contributed by atoms with E-state index in [9.17, 15) is 5.11 Å². The monoisotopic (exact) mass is 612 g/mol. The summed E-state index contributed by atoms with van der Waals surface area (Å²) in [6, 6.07) is 50.7. The molecule has 0 unspecified atom stereocenters. The molecule has 7 aromatic rings. The second-order valence-corrected chi connectivity index (χ2v) is 10.7. The zero-order valence-corrected chi connectivity index (χ0v) is 25.1. The SMILES string of the molecule is O/C(=N\N=C\c1ccc(-c2ccccc2)cc1)c1ccc(Oc2ccc(-c3nnc(-c4ccc(-c5ccccc5)cc4)o3)cc2)cc1. The molecule has 0 spiro atoms. The van der Waals surface area contributed by atoms with Gasteiger partial charge in [-0.25, -0.2) is 0 Å². The molecule has 226 valence electrons. The van der Waals surface area contributed by atoms with Crippen molar-refractivity contribution in [1.29, 1.82) is 0 Å². The summed E-state index contributed by atoms with van der Waals surface area (Å²) in [5.41, 5.74) is 7.57. The number of ether oxygens (including phenoxy) is 1. The molecule has 7 heteroatoms. The molecule has 1 N–H and O–H groups in total. The van der Waals surface area contributed by atoms with Crippen molar-refractivity contribution in [1.82, 2.24) is 10.2 Å². The molecule has 47 heavy (non-hydrogen) atoms. The average molecular weight is 613 g/mol. The van der Waals surface area contributed by atoms with E-state index in [-0.39, 0.29) is 5.90 Å². The largest absolute Gasteiger partial charge is 0.492 e. The van der Waals surface area contributed by atoms with Crippen LogP contribution in [-0.4, -0.2) is 27.4 Å². The van der Waals surface area contributed by atoms with Crippen LogP contribution in [0.5, 0.6) is 11.5 Å². The van der Waals surface area contributed by atoms with E-state index >= 15 is 0 Å². The summed E-state index contributed by atoms with van der Waals surface area (Å²) in [6.45, 7) is 0. The predicted octanol–water partition coefficient (Wildman–Crippen LogP) is 9.87. The second kappa shape index (κ2) is 13.6. The van der Waals surface area contributed by atoms with Gasteiger partial charge in [0.15, 0.2) is 0 Å². The molecule has 0 amide bonds. The third-order valence-electron chi connectivity index (χ3n) is 7.49. The summed E-state index contributed by atoms with van der Waals surface area (Å²) in [4.78, 5) is 0. The van der Waals surface area contributed by atoms with Crippen molar-refractivity contribution >= 4 is 12.1 Å². The number of aliphatic hydroxyl groups excluding tert-OH is 1. The summed E-state index contributed by atoms with van der Waals surface area (Å²) in [5.74, 6) is 1.93. The number of hydrogen-bond donors (Lipinski definition) is 1. The van der Waals surface area contributed by atoms with E-state index in [1.54, 1.807) is 30.5 Å². The van der Waals surface area contributed by atoms with Gasteiger partial charge in [0.25, 0.3) is 0 Å². The van der Waals surface area contributed by atoms with Gasteiger partial charge in [0.1, 0.15) is 11.5 Å². The Balaban J connectivity index is 0.947. The Kier molecular flexibility index (Phi) is 8.42. The first-order valence-corrected chi connectivity index (χ1v) is 15.0. The third-order valence-corrected chi connectivity index (χ3v) is 7.49. The van der Waals surface area contributed by atoms with Gasteiger partial charge < -0.3 is 14.3 Å². The maximum absolute atomic E-state index is 10.4. The predicted molar refractivity (Wildman–Crippen MR) is 186 cm³/mol. The molecule has 6 aromatic carbocycles. The van der Waals surface area contributed by atoms with Crippen LogP contribution in [0.25, 0.3) is 45.2 Å². The highest BCUT2D eigenvalue weighted by Crippen LogP contribution is 2.29. The number of aliphatic hydroxyl groups is 1. The molecule has 0 saturated carbocycles. The molecule has 0 fully saturated rings. The average Bonchev–Trinajstić information content (AvgIpc) is 3.64. The van der Waals surface area contributed by atoms with Crippen molar-refractivity contribution in [2.24, 2.45) is 10.2 Å².